The van der Waals surface area contributed by atoms with Crippen molar-refractivity contribution in [3.63, 3.8) is 0 Å². The topological polar surface area (TPSA) is 63.6 Å². The summed E-state index contributed by atoms with van der Waals surface area (Å²) in [6, 6.07) is 6.28. The lowest BCUT2D eigenvalue weighted by Gasteiger charge is -2.23. The van der Waals surface area contributed by atoms with Gasteiger partial charge in [-0.15, -0.1) is 0 Å². The van der Waals surface area contributed by atoms with Gasteiger partial charge in [0, 0.05) is 0 Å². The van der Waals surface area contributed by atoms with Gasteiger partial charge >= 0.3 is 11.9 Å². The van der Waals surface area contributed by atoms with E-state index in [1.807, 2.05) is 0 Å². The first-order valence-electron chi connectivity index (χ1n) is 13.0. The van der Waals surface area contributed by atoms with Crippen molar-refractivity contribution >= 4 is 11.9 Å². The fraction of sp³-hybridized carbons (Fsp3) is 0.714. The minimum absolute atomic E-state index is 0.00126. The Morgan fingerprint density at radius 3 is 1.72 bits per heavy atom. The Morgan fingerprint density at radius 2 is 1.25 bits per heavy atom. The number of carbonyl (C=O) groups excluding carboxylic acids is 1. The second-order valence-electron chi connectivity index (χ2n) is 9.21. The number of carbonyl (C=O) groups is 2. The van der Waals surface area contributed by atoms with Crippen LogP contribution in [0.25, 0.3) is 0 Å². The molecule has 4 nitrogen and oxygen atoms in total. The van der Waals surface area contributed by atoms with E-state index in [9.17, 15) is 14.7 Å². The minimum Gasteiger partial charge on any atom is -0.478 e. The van der Waals surface area contributed by atoms with Gasteiger partial charge in [0.15, 0.2) is 0 Å². The molecule has 0 saturated carbocycles. The number of carboxylic acids is 1. The molecular weight excluding hydrogens is 400 g/mol. The van der Waals surface area contributed by atoms with E-state index < -0.39 is 11.9 Å². The number of esters is 1. The Labute approximate surface area is 196 Å². The summed E-state index contributed by atoms with van der Waals surface area (Å²) in [5.74, 6) is -1.37. The Hall–Kier alpha value is -1.84. The number of aromatic carboxylic acids is 1. The maximum atomic E-state index is 12.6. The molecule has 0 spiro atoms. The minimum atomic E-state index is -1.10. The zero-order valence-electron chi connectivity index (χ0n) is 20.7. The quantitative estimate of drug-likeness (QED) is 0.171. The molecule has 0 aliphatic heterocycles. The fourth-order valence-corrected chi connectivity index (χ4v) is 4.13. The van der Waals surface area contributed by atoms with E-state index in [1.165, 1.54) is 82.8 Å². The summed E-state index contributed by atoms with van der Waals surface area (Å²) in [5, 5.41) is 9.33. The van der Waals surface area contributed by atoms with Gasteiger partial charge in [-0.2, -0.15) is 0 Å². The molecule has 1 aromatic carbocycles. The second kappa shape index (κ2) is 17.7. The maximum Gasteiger partial charge on any atom is 0.339 e. The zero-order valence-corrected chi connectivity index (χ0v) is 20.7. The Bertz CT molecular complexity index is 640. The Kier molecular flexibility index (Phi) is 15.6. The van der Waals surface area contributed by atoms with Gasteiger partial charge in [0.1, 0.15) is 6.10 Å². The summed E-state index contributed by atoms with van der Waals surface area (Å²) in [6.45, 7) is 6.46. The van der Waals surface area contributed by atoms with Crippen LogP contribution < -0.4 is 0 Å². The molecule has 2 unspecified atom stereocenters. The normalized spacial score (nSPS) is 13.0. The van der Waals surface area contributed by atoms with Gasteiger partial charge in [-0.1, -0.05) is 116 Å². The van der Waals surface area contributed by atoms with Crippen LogP contribution in [0.3, 0.4) is 0 Å². The van der Waals surface area contributed by atoms with Crippen molar-refractivity contribution in [2.24, 2.45) is 5.92 Å². The number of ether oxygens (including phenoxy) is 1. The largest absolute Gasteiger partial charge is 0.478 e. The summed E-state index contributed by atoms with van der Waals surface area (Å²) < 4.78 is 5.78. The molecule has 0 aromatic heterocycles. The average molecular weight is 447 g/mol. The van der Waals surface area contributed by atoms with Crippen LogP contribution in [-0.4, -0.2) is 23.1 Å². The molecule has 182 valence electrons. The summed E-state index contributed by atoms with van der Waals surface area (Å²) in [4.78, 5) is 24.1. The van der Waals surface area contributed by atoms with E-state index in [4.69, 9.17) is 4.74 Å². The summed E-state index contributed by atoms with van der Waals surface area (Å²) in [6.07, 6.45) is 18.7. The lowest BCUT2D eigenvalue weighted by atomic mass is 9.95. The number of carboxylic acid groups (broad SMARTS) is 1. The molecule has 0 bridgehead atoms. The van der Waals surface area contributed by atoms with Crippen molar-refractivity contribution < 1.29 is 19.4 Å². The van der Waals surface area contributed by atoms with Crippen LogP contribution in [0.2, 0.25) is 0 Å². The highest BCUT2D eigenvalue weighted by molar-refractivity contribution is 6.02. The second-order valence-corrected chi connectivity index (χ2v) is 9.21. The van der Waals surface area contributed by atoms with E-state index >= 15 is 0 Å². The predicted octanol–water partition coefficient (Wildman–Crippen LogP) is 8.44. The first-order chi connectivity index (χ1) is 15.5. The van der Waals surface area contributed by atoms with Crippen LogP contribution in [0.4, 0.5) is 0 Å². The molecule has 0 amide bonds. The molecule has 0 fully saturated rings. The first kappa shape index (κ1) is 28.2. The number of hydrogen-bond donors (Lipinski definition) is 1. The van der Waals surface area contributed by atoms with E-state index in [0.717, 1.165) is 25.7 Å². The Balaban J connectivity index is 2.27. The van der Waals surface area contributed by atoms with Crippen molar-refractivity contribution in [3.05, 3.63) is 35.4 Å². The maximum absolute atomic E-state index is 12.6. The highest BCUT2D eigenvalue weighted by atomic mass is 16.5. The van der Waals surface area contributed by atoms with Crippen molar-refractivity contribution in [1.29, 1.82) is 0 Å². The molecular formula is C28H46O4. The van der Waals surface area contributed by atoms with E-state index in [2.05, 4.69) is 20.8 Å². The summed E-state index contributed by atoms with van der Waals surface area (Å²) in [7, 11) is 0. The van der Waals surface area contributed by atoms with Crippen molar-refractivity contribution in [2.75, 3.05) is 0 Å². The third-order valence-corrected chi connectivity index (χ3v) is 6.51. The van der Waals surface area contributed by atoms with Crippen LogP contribution in [0.5, 0.6) is 0 Å². The van der Waals surface area contributed by atoms with Crippen LogP contribution in [0, 0.1) is 5.92 Å². The highest BCUT2D eigenvalue weighted by Crippen LogP contribution is 2.22. The van der Waals surface area contributed by atoms with Crippen LogP contribution >= 0.6 is 0 Å². The molecule has 4 heteroatoms. The standard InChI is InChI=1S/C28H46O4/c1-4-6-7-8-9-10-11-12-13-14-15-16-17-22-26(23(3)5-2)32-28(31)25-21-19-18-20-24(25)27(29)30/h18-21,23,26H,4-17,22H2,1-3H3,(H,29,30). The Morgan fingerprint density at radius 1 is 0.781 bits per heavy atom. The van der Waals surface area contributed by atoms with Crippen molar-refractivity contribution in [2.45, 2.75) is 123 Å². The lowest BCUT2D eigenvalue weighted by molar-refractivity contribution is 0.0119. The van der Waals surface area contributed by atoms with Gasteiger partial charge in [-0.3, -0.25) is 0 Å². The predicted molar refractivity (Wildman–Crippen MR) is 132 cm³/mol. The highest BCUT2D eigenvalue weighted by Gasteiger charge is 2.24. The van der Waals surface area contributed by atoms with Crippen LogP contribution in [-0.2, 0) is 4.74 Å². The molecule has 0 aliphatic carbocycles. The van der Waals surface area contributed by atoms with Gasteiger partial charge in [-0.25, -0.2) is 9.59 Å². The molecule has 32 heavy (non-hydrogen) atoms. The number of hydrogen-bond acceptors (Lipinski definition) is 3. The molecule has 0 aliphatic rings. The van der Waals surface area contributed by atoms with E-state index in [-0.39, 0.29) is 23.1 Å². The monoisotopic (exact) mass is 446 g/mol. The molecule has 1 N–H and O–H groups in total. The van der Waals surface area contributed by atoms with Crippen molar-refractivity contribution in [1.82, 2.24) is 0 Å². The SMILES string of the molecule is CCCCCCCCCCCCCCCC(OC(=O)c1ccccc1C(=O)O)C(C)CC. The van der Waals surface area contributed by atoms with Crippen molar-refractivity contribution in [3.8, 4) is 0 Å². The number of benzene rings is 1. The van der Waals surface area contributed by atoms with E-state index in [0.29, 0.717) is 0 Å². The number of rotatable bonds is 19. The van der Waals surface area contributed by atoms with Gasteiger partial charge < -0.3 is 9.84 Å². The first-order valence-corrected chi connectivity index (χ1v) is 13.0. The average Bonchev–Trinajstić information content (AvgIpc) is 2.80. The zero-order chi connectivity index (χ0) is 23.6. The van der Waals surface area contributed by atoms with Gasteiger partial charge in [0.2, 0.25) is 0 Å². The molecule has 1 aromatic rings. The van der Waals surface area contributed by atoms with E-state index in [1.54, 1.807) is 12.1 Å². The smallest absolute Gasteiger partial charge is 0.339 e. The van der Waals surface area contributed by atoms with Gasteiger partial charge in [-0.05, 0) is 30.9 Å². The van der Waals surface area contributed by atoms with Gasteiger partial charge in [0.25, 0.3) is 0 Å². The molecule has 2 atom stereocenters. The third kappa shape index (κ3) is 11.7. The fourth-order valence-electron chi connectivity index (χ4n) is 4.13. The third-order valence-electron chi connectivity index (χ3n) is 6.51. The summed E-state index contributed by atoms with van der Waals surface area (Å²) >= 11 is 0. The molecule has 0 radical (unpaired) electrons. The summed E-state index contributed by atoms with van der Waals surface area (Å²) in [5.41, 5.74) is 0.139. The van der Waals surface area contributed by atoms with Gasteiger partial charge in [0.05, 0.1) is 11.1 Å². The number of unbranched alkanes of at least 4 members (excludes halogenated alkanes) is 12. The molecule has 0 heterocycles. The molecule has 1 rings (SSSR count). The lowest BCUT2D eigenvalue weighted by Crippen LogP contribution is -2.26. The molecule has 0 saturated heterocycles. The van der Waals surface area contributed by atoms with Crippen LogP contribution in [0.15, 0.2) is 24.3 Å². The van der Waals surface area contributed by atoms with Crippen LogP contribution in [0.1, 0.15) is 138 Å².